The van der Waals surface area contributed by atoms with E-state index >= 15 is 0 Å². The van der Waals surface area contributed by atoms with Crippen LogP contribution in [0.4, 0.5) is 0 Å². The third-order valence-electron chi connectivity index (χ3n) is 4.44. The van der Waals surface area contributed by atoms with Gasteiger partial charge in [0.25, 0.3) is 5.91 Å². The Morgan fingerprint density at radius 3 is 2.62 bits per heavy atom. The lowest BCUT2D eigenvalue weighted by molar-refractivity contribution is 0.0627. The predicted molar refractivity (Wildman–Crippen MR) is 92.1 cm³/mol. The predicted octanol–water partition coefficient (Wildman–Crippen LogP) is 1.70. The highest BCUT2D eigenvalue weighted by molar-refractivity contribution is 5.95. The van der Waals surface area contributed by atoms with Crippen molar-refractivity contribution in [2.75, 3.05) is 33.3 Å². The zero-order valence-electron chi connectivity index (χ0n) is 14.5. The van der Waals surface area contributed by atoms with E-state index in [1.54, 1.807) is 18.0 Å². The van der Waals surface area contributed by atoms with E-state index in [1.807, 2.05) is 31.0 Å². The Hall–Kier alpha value is -2.34. The van der Waals surface area contributed by atoms with Crippen molar-refractivity contribution in [3.8, 4) is 5.75 Å². The molecule has 0 atom stereocenters. The van der Waals surface area contributed by atoms with Crippen molar-refractivity contribution < 1.29 is 9.53 Å². The first-order valence-electron chi connectivity index (χ1n) is 8.21. The summed E-state index contributed by atoms with van der Waals surface area (Å²) < 4.78 is 6.97. The second-order valence-corrected chi connectivity index (χ2v) is 6.22. The van der Waals surface area contributed by atoms with Crippen LogP contribution in [0.5, 0.6) is 5.75 Å². The number of carbonyl (C=O) groups excluding carboxylic acids is 1. The fraction of sp³-hybridized carbons (Fsp3) is 0.444. The van der Waals surface area contributed by atoms with Gasteiger partial charge in [-0.05, 0) is 24.6 Å². The summed E-state index contributed by atoms with van der Waals surface area (Å²) in [5.41, 5.74) is 2.73. The first-order chi connectivity index (χ1) is 11.6. The van der Waals surface area contributed by atoms with Gasteiger partial charge in [0, 0.05) is 46.0 Å². The number of carbonyl (C=O) groups is 1. The van der Waals surface area contributed by atoms with Crippen LogP contribution >= 0.6 is 0 Å². The van der Waals surface area contributed by atoms with E-state index in [4.69, 9.17) is 4.74 Å². The van der Waals surface area contributed by atoms with Gasteiger partial charge in [-0.15, -0.1) is 0 Å². The van der Waals surface area contributed by atoms with E-state index in [0.29, 0.717) is 5.56 Å². The summed E-state index contributed by atoms with van der Waals surface area (Å²) in [7, 11) is 3.53. The van der Waals surface area contributed by atoms with Gasteiger partial charge in [-0.2, -0.15) is 5.10 Å². The van der Waals surface area contributed by atoms with E-state index < -0.39 is 0 Å². The maximum atomic E-state index is 12.6. The third-order valence-corrected chi connectivity index (χ3v) is 4.44. The van der Waals surface area contributed by atoms with Gasteiger partial charge in [-0.25, -0.2) is 0 Å². The molecule has 24 heavy (non-hydrogen) atoms. The molecule has 2 heterocycles. The fourth-order valence-electron chi connectivity index (χ4n) is 3.12. The average Bonchev–Trinajstić information content (AvgIpc) is 2.93. The molecule has 6 heteroatoms. The molecular weight excluding hydrogens is 304 g/mol. The van der Waals surface area contributed by atoms with Crippen molar-refractivity contribution in [2.24, 2.45) is 7.05 Å². The highest BCUT2D eigenvalue weighted by atomic mass is 16.5. The zero-order chi connectivity index (χ0) is 17.1. The number of nitrogens with zero attached hydrogens (tertiary/aromatic N) is 4. The molecule has 2 aromatic rings. The van der Waals surface area contributed by atoms with Crippen molar-refractivity contribution >= 4 is 5.91 Å². The first-order valence-corrected chi connectivity index (χ1v) is 8.21. The van der Waals surface area contributed by atoms with E-state index in [2.05, 4.69) is 22.1 Å². The zero-order valence-corrected chi connectivity index (χ0v) is 14.5. The number of ether oxygens (including phenoxy) is 1. The van der Waals surface area contributed by atoms with Crippen molar-refractivity contribution in [1.82, 2.24) is 19.6 Å². The minimum Gasteiger partial charge on any atom is -0.497 e. The number of benzene rings is 1. The van der Waals surface area contributed by atoms with Crippen LogP contribution in [0.2, 0.25) is 0 Å². The second-order valence-electron chi connectivity index (χ2n) is 6.22. The molecule has 0 aliphatic carbocycles. The largest absolute Gasteiger partial charge is 0.497 e. The molecule has 1 amide bonds. The minimum absolute atomic E-state index is 0.0848. The molecule has 0 bridgehead atoms. The van der Waals surface area contributed by atoms with E-state index in [0.717, 1.165) is 44.2 Å². The van der Waals surface area contributed by atoms with Crippen LogP contribution < -0.4 is 4.74 Å². The Bertz CT molecular complexity index is 718. The summed E-state index contributed by atoms with van der Waals surface area (Å²) in [4.78, 5) is 16.9. The molecule has 1 aromatic heterocycles. The van der Waals surface area contributed by atoms with Crippen LogP contribution in [0.25, 0.3) is 0 Å². The lowest BCUT2D eigenvalue weighted by Gasteiger charge is -2.34. The van der Waals surface area contributed by atoms with Crippen LogP contribution in [0, 0.1) is 6.92 Å². The molecule has 0 unspecified atom stereocenters. The molecule has 0 radical (unpaired) electrons. The van der Waals surface area contributed by atoms with Crippen LogP contribution in [0.1, 0.15) is 21.6 Å². The highest BCUT2D eigenvalue weighted by Gasteiger charge is 2.24. The van der Waals surface area contributed by atoms with Gasteiger partial charge in [0.2, 0.25) is 0 Å². The number of aromatic nitrogens is 2. The van der Waals surface area contributed by atoms with Crippen molar-refractivity contribution in [3.63, 3.8) is 0 Å². The minimum atomic E-state index is 0.0848. The van der Waals surface area contributed by atoms with Gasteiger partial charge >= 0.3 is 0 Å². The van der Waals surface area contributed by atoms with Crippen LogP contribution in [0.15, 0.2) is 30.5 Å². The second kappa shape index (κ2) is 7.05. The molecule has 1 aromatic carbocycles. The van der Waals surface area contributed by atoms with Crippen LogP contribution in [-0.2, 0) is 13.6 Å². The highest BCUT2D eigenvalue weighted by Crippen LogP contribution is 2.16. The lowest BCUT2D eigenvalue weighted by Crippen LogP contribution is -2.48. The standard InChI is InChI=1S/C18H24N4O2/c1-14-17(13-20(2)19-14)18(23)22-9-7-21(8-10-22)12-15-5-4-6-16(11-15)24-3/h4-6,11,13H,7-10,12H2,1-3H3. The fourth-order valence-corrected chi connectivity index (χ4v) is 3.12. The Morgan fingerprint density at radius 1 is 1.25 bits per heavy atom. The van der Waals surface area contributed by atoms with Crippen molar-refractivity contribution in [3.05, 3.63) is 47.3 Å². The Balaban J connectivity index is 1.57. The molecule has 1 aliphatic rings. The molecule has 0 N–H and O–H groups in total. The molecule has 1 aliphatic heterocycles. The molecule has 0 spiro atoms. The number of hydrogen-bond donors (Lipinski definition) is 0. The number of rotatable bonds is 4. The molecular formula is C18H24N4O2. The number of amides is 1. The molecule has 1 fully saturated rings. The quantitative estimate of drug-likeness (QED) is 0.857. The van der Waals surface area contributed by atoms with Crippen molar-refractivity contribution in [1.29, 1.82) is 0 Å². The lowest BCUT2D eigenvalue weighted by atomic mass is 10.1. The smallest absolute Gasteiger partial charge is 0.257 e. The Kier molecular flexibility index (Phi) is 4.85. The summed E-state index contributed by atoms with van der Waals surface area (Å²) in [6.45, 7) is 6.01. The van der Waals surface area contributed by atoms with E-state index in [1.165, 1.54) is 5.56 Å². The van der Waals surface area contributed by atoms with E-state index in [-0.39, 0.29) is 5.91 Å². The number of aryl methyl sites for hydroxylation is 2. The maximum Gasteiger partial charge on any atom is 0.257 e. The average molecular weight is 328 g/mol. The molecule has 1 saturated heterocycles. The monoisotopic (exact) mass is 328 g/mol. The number of methoxy groups -OCH3 is 1. The first kappa shape index (κ1) is 16.5. The molecule has 3 rings (SSSR count). The van der Waals surface area contributed by atoms with Crippen LogP contribution in [-0.4, -0.2) is 58.8 Å². The normalized spacial score (nSPS) is 15.5. The third kappa shape index (κ3) is 3.59. The summed E-state index contributed by atoms with van der Waals surface area (Å²) in [6.07, 6.45) is 1.81. The van der Waals surface area contributed by atoms with Gasteiger partial charge < -0.3 is 9.64 Å². The van der Waals surface area contributed by atoms with Gasteiger partial charge in [0.05, 0.1) is 18.4 Å². The summed E-state index contributed by atoms with van der Waals surface area (Å²) in [5, 5.41) is 4.26. The molecule has 6 nitrogen and oxygen atoms in total. The number of piperazine rings is 1. The maximum absolute atomic E-state index is 12.6. The van der Waals surface area contributed by atoms with Gasteiger partial charge in [0.15, 0.2) is 0 Å². The Morgan fingerprint density at radius 2 is 2.00 bits per heavy atom. The summed E-state index contributed by atoms with van der Waals surface area (Å²) in [5.74, 6) is 0.968. The van der Waals surface area contributed by atoms with Crippen molar-refractivity contribution in [2.45, 2.75) is 13.5 Å². The Labute approximate surface area is 142 Å². The molecule has 128 valence electrons. The van der Waals surface area contributed by atoms with Crippen LogP contribution in [0.3, 0.4) is 0 Å². The topological polar surface area (TPSA) is 50.6 Å². The molecule has 0 saturated carbocycles. The summed E-state index contributed by atoms with van der Waals surface area (Å²) >= 11 is 0. The van der Waals surface area contributed by atoms with Gasteiger partial charge in [-0.1, -0.05) is 12.1 Å². The van der Waals surface area contributed by atoms with Gasteiger partial charge in [0.1, 0.15) is 5.75 Å². The SMILES string of the molecule is COc1cccc(CN2CCN(C(=O)c3cn(C)nc3C)CC2)c1. The van der Waals surface area contributed by atoms with Gasteiger partial charge in [-0.3, -0.25) is 14.4 Å². The summed E-state index contributed by atoms with van der Waals surface area (Å²) in [6, 6.07) is 8.14. The van der Waals surface area contributed by atoms with E-state index in [9.17, 15) is 4.79 Å². The number of hydrogen-bond acceptors (Lipinski definition) is 4.